The first-order chi connectivity index (χ1) is 12.0. The van der Waals surface area contributed by atoms with Crippen molar-refractivity contribution in [3.8, 4) is 17.2 Å². The first kappa shape index (κ1) is 22.6. The van der Waals surface area contributed by atoms with Crippen LogP contribution in [0.2, 0.25) is 0 Å². The Bertz CT molecular complexity index is 679. The van der Waals surface area contributed by atoms with Crippen LogP contribution in [-0.4, -0.2) is 45.2 Å². The van der Waals surface area contributed by atoms with Crippen molar-refractivity contribution >= 4 is 38.3 Å². The number of benzene rings is 2. The first-order valence-corrected chi connectivity index (χ1v) is 9.30. The number of carbonyl (C=O) groups is 1. The molecule has 0 heterocycles. The fraction of sp³-hybridized carbons (Fsp3) is 0.350. The molecule has 0 aromatic heterocycles. The van der Waals surface area contributed by atoms with E-state index in [1.807, 2.05) is 24.3 Å². The second-order valence-corrected chi connectivity index (χ2v) is 7.33. The van der Waals surface area contributed by atoms with Gasteiger partial charge in [0.2, 0.25) is 0 Å². The molecule has 2 aromatic carbocycles. The molecule has 135 valence electrons. The summed E-state index contributed by atoms with van der Waals surface area (Å²) in [6.45, 7) is 5.05. The number of hydrogen-bond acceptors (Lipinski definition) is 4. The van der Waals surface area contributed by atoms with Gasteiger partial charge in [-0.3, -0.25) is 4.79 Å². The molecule has 2 aromatic rings. The van der Waals surface area contributed by atoms with E-state index in [-0.39, 0.29) is 33.0 Å². The maximum Gasteiger partial charge on any atom is 0.193 e. The molecule has 0 aliphatic rings. The molecule has 1 unspecified atom stereocenters. The maximum atomic E-state index is 12.7. The van der Waals surface area contributed by atoms with Crippen LogP contribution in [0.4, 0.5) is 0 Å². The second kappa shape index (κ2) is 11.3. The van der Waals surface area contributed by atoms with Crippen LogP contribution in [0.15, 0.2) is 42.5 Å². The molecule has 0 amide bonds. The van der Waals surface area contributed by atoms with Gasteiger partial charge in [-0.2, -0.15) is 0 Å². The van der Waals surface area contributed by atoms with Gasteiger partial charge in [-0.25, -0.2) is 0 Å². The summed E-state index contributed by atoms with van der Waals surface area (Å²) in [4.78, 5) is 12.7. The molecule has 0 bridgehead atoms. The van der Waals surface area contributed by atoms with E-state index >= 15 is 0 Å². The third kappa shape index (κ3) is 6.36. The largest absolute Gasteiger partial charge is 0.496 e. The van der Waals surface area contributed by atoms with Gasteiger partial charge in [-0.1, -0.05) is 32.0 Å². The van der Waals surface area contributed by atoms with Gasteiger partial charge in [-0.15, -0.1) is 0 Å². The zero-order valence-corrected chi connectivity index (χ0v) is 17.2. The molecule has 26 heavy (non-hydrogen) atoms. The molecular formula is C20H25LiO4P. The van der Waals surface area contributed by atoms with E-state index in [0.717, 1.165) is 17.5 Å². The molecule has 1 atom stereocenters. The Labute approximate surface area is 169 Å². The summed E-state index contributed by atoms with van der Waals surface area (Å²) in [7, 11) is 3.10. The van der Waals surface area contributed by atoms with E-state index in [2.05, 4.69) is 13.8 Å². The minimum atomic E-state index is -0.0113. The van der Waals surface area contributed by atoms with Gasteiger partial charge >= 0.3 is 0 Å². The fourth-order valence-corrected chi connectivity index (χ4v) is 3.28. The molecule has 0 saturated heterocycles. The summed E-state index contributed by atoms with van der Waals surface area (Å²) in [6, 6.07) is 13.0. The summed E-state index contributed by atoms with van der Waals surface area (Å²) in [5.41, 5.74) is 0.478. The molecule has 0 spiro atoms. The van der Waals surface area contributed by atoms with E-state index < -0.39 is 0 Å². The number of hydrogen-bond donors (Lipinski definition) is 0. The molecular weight excluding hydrogens is 342 g/mol. The summed E-state index contributed by atoms with van der Waals surface area (Å²) in [5, 5.41) is 0.953. The average Bonchev–Trinajstić information content (AvgIpc) is 2.62. The average molecular weight is 367 g/mol. The van der Waals surface area contributed by atoms with Gasteiger partial charge in [0.15, 0.2) is 5.52 Å². The van der Waals surface area contributed by atoms with Crippen molar-refractivity contribution in [2.24, 2.45) is 5.92 Å². The van der Waals surface area contributed by atoms with E-state index in [1.54, 1.807) is 32.4 Å². The van der Waals surface area contributed by atoms with Crippen molar-refractivity contribution in [1.82, 2.24) is 0 Å². The van der Waals surface area contributed by atoms with Gasteiger partial charge in [0.1, 0.15) is 22.8 Å². The molecule has 2 rings (SSSR count). The summed E-state index contributed by atoms with van der Waals surface area (Å²) in [6.07, 6.45) is 1.02. The van der Waals surface area contributed by atoms with Crippen molar-refractivity contribution in [2.75, 3.05) is 20.8 Å². The second-order valence-electron chi connectivity index (χ2n) is 6.05. The third-order valence-electron chi connectivity index (χ3n) is 3.73. The van der Waals surface area contributed by atoms with Crippen LogP contribution in [-0.2, 0) is 0 Å². The Kier molecular flexibility index (Phi) is 9.81. The Morgan fingerprint density at radius 2 is 1.58 bits per heavy atom. The minimum absolute atomic E-state index is 0. The van der Waals surface area contributed by atoms with Crippen LogP contribution >= 0.6 is 8.58 Å². The van der Waals surface area contributed by atoms with Gasteiger partial charge in [0.25, 0.3) is 0 Å². The van der Waals surface area contributed by atoms with Gasteiger partial charge in [-0.05, 0) is 50.5 Å². The van der Waals surface area contributed by atoms with Gasteiger partial charge in [0, 0.05) is 18.9 Å². The van der Waals surface area contributed by atoms with Crippen LogP contribution in [0.1, 0.15) is 30.6 Å². The zero-order chi connectivity index (χ0) is 18.2. The number of rotatable bonds is 9. The van der Waals surface area contributed by atoms with Gasteiger partial charge in [0.05, 0.1) is 20.8 Å². The zero-order valence-electron chi connectivity index (χ0n) is 16.2. The SMILES string of the molecule is COc1cccc(OC)c1C(=O)Pc1ccc(OCCC(C)C)cc1.[Li]. The predicted molar refractivity (Wildman–Crippen MR) is 109 cm³/mol. The first-order valence-electron chi connectivity index (χ1n) is 8.30. The molecule has 1 radical (unpaired) electrons. The van der Waals surface area contributed by atoms with E-state index in [0.29, 0.717) is 29.6 Å². The predicted octanol–water partition coefficient (Wildman–Crippen LogP) is 3.89. The Balaban J connectivity index is 0.00000338. The standard InChI is InChI=1S/C20H25O4P.Li/c1-14(2)12-13-24-15-8-10-16(11-9-15)25-20(21)19-17(22-3)6-5-7-18(19)23-4;/h5-11,14,25H,12-13H2,1-4H3;. The third-order valence-corrected chi connectivity index (χ3v) is 4.83. The van der Waals surface area contributed by atoms with Crippen LogP contribution < -0.4 is 19.5 Å². The van der Waals surface area contributed by atoms with Crippen molar-refractivity contribution in [3.05, 3.63) is 48.0 Å². The van der Waals surface area contributed by atoms with Crippen molar-refractivity contribution in [2.45, 2.75) is 20.3 Å². The Morgan fingerprint density at radius 1 is 1.00 bits per heavy atom. The van der Waals surface area contributed by atoms with E-state index in [4.69, 9.17) is 14.2 Å². The van der Waals surface area contributed by atoms with Crippen molar-refractivity contribution in [1.29, 1.82) is 0 Å². The van der Waals surface area contributed by atoms with Crippen LogP contribution in [0, 0.1) is 5.92 Å². The Morgan fingerprint density at radius 3 is 2.08 bits per heavy atom. The monoisotopic (exact) mass is 367 g/mol. The molecule has 6 heteroatoms. The quantitative estimate of drug-likeness (QED) is 0.498. The molecule has 0 aliphatic heterocycles. The molecule has 0 saturated carbocycles. The number of methoxy groups -OCH3 is 2. The molecule has 0 N–H and O–H groups in total. The summed E-state index contributed by atoms with van der Waals surface area (Å²) < 4.78 is 16.3. The van der Waals surface area contributed by atoms with Gasteiger partial charge < -0.3 is 14.2 Å². The van der Waals surface area contributed by atoms with E-state index in [1.165, 1.54) is 0 Å². The number of carbonyl (C=O) groups excluding carboxylic acids is 1. The van der Waals surface area contributed by atoms with Crippen LogP contribution in [0.5, 0.6) is 17.2 Å². The normalized spacial score (nSPS) is 10.7. The molecule has 0 fully saturated rings. The van der Waals surface area contributed by atoms with Crippen molar-refractivity contribution < 1.29 is 19.0 Å². The smallest absolute Gasteiger partial charge is 0.193 e. The molecule has 4 nitrogen and oxygen atoms in total. The molecule has 0 aliphatic carbocycles. The van der Waals surface area contributed by atoms with E-state index in [9.17, 15) is 4.79 Å². The van der Waals surface area contributed by atoms with Crippen molar-refractivity contribution in [3.63, 3.8) is 0 Å². The summed E-state index contributed by atoms with van der Waals surface area (Å²) >= 11 is 0. The minimum Gasteiger partial charge on any atom is -0.496 e. The summed E-state index contributed by atoms with van der Waals surface area (Å²) in [5.74, 6) is 2.52. The van der Waals surface area contributed by atoms with Crippen LogP contribution in [0.25, 0.3) is 0 Å². The topological polar surface area (TPSA) is 44.8 Å². The number of ether oxygens (including phenoxy) is 3. The fourth-order valence-electron chi connectivity index (χ4n) is 2.32. The Hall–Kier alpha value is -1.46. The maximum absolute atomic E-state index is 12.7. The van der Waals surface area contributed by atoms with Crippen LogP contribution in [0.3, 0.4) is 0 Å².